The molecule has 8 heavy (non-hydrogen) atoms. The Labute approximate surface area is 109 Å². The molecule has 1 aliphatic rings. The van der Waals surface area contributed by atoms with Crippen LogP contribution in [0.15, 0.2) is 0 Å². The van der Waals surface area contributed by atoms with E-state index in [1.807, 2.05) is 0 Å². The van der Waals surface area contributed by atoms with Gasteiger partial charge in [-0.25, -0.2) is 0 Å². The van der Waals surface area contributed by atoms with E-state index in [-0.39, 0.29) is 84.0 Å². The third-order valence-corrected chi connectivity index (χ3v) is 0.232. The summed E-state index contributed by atoms with van der Waals surface area (Å²) in [5.41, 5.74) is 0. The molecule has 0 amide bonds. The molecular weight excluding hydrogens is 212 g/mol. The first-order valence-corrected chi connectivity index (χ1v) is 1.02. The number of hydrogen-bond acceptors (Lipinski definition) is 4. The Balaban J connectivity index is -0.0000000167. The van der Waals surface area contributed by atoms with Crippen LogP contribution >= 0.6 is 0 Å². The molecule has 1 rings (SSSR count). The fraction of sp³-hybridized carbons (Fsp3) is 1.00. The second-order valence-electron chi connectivity index (χ2n) is 0.715. The van der Waals surface area contributed by atoms with Crippen molar-refractivity contribution in [1.29, 1.82) is 0 Å². The molecule has 1 saturated heterocycles. The van der Waals surface area contributed by atoms with Gasteiger partial charge in [0.2, 0.25) is 0 Å². The first-order valence-electron chi connectivity index (χ1n) is 1.02. The van der Waals surface area contributed by atoms with Gasteiger partial charge in [-0.3, -0.25) is 0 Å². The molecule has 0 radical (unpaired) electrons. The second kappa shape index (κ2) is 6.25. The van der Waals surface area contributed by atoms with Crippen LogP contribution in [0.2, 0.25) is 0 Å². The normalized spacial score (nSPS) is 18.8. The van der Waals surface area contributed by atoms with Gasteiger partial charge < -0.3 is 13.1 Å². The molecule has 0 atom stereocenters. The molecule has 0 saturated carbocycles. The van der Waals surface area contributed by atoms with E-state index in [4.69, 9.17) is 10.2 Å². The minimum absolute atomic E-state index is 0. The third kappa shape index (κ3) is 8.53. The van der Waals surface area contributed by atoms with E-state index in [0.717, 1.165) is 0 Å². The smallest absolute Gasteiger partial charge is 1.00 e. The minimum Gasteiger partial charge on any atom is -1.00 e. The molecule has 1 fully saturated rings. The van der Waals surface area contributed by atoms with Crippen molar-refractivity contribution < 1.29 is 66.3 Å². The largest absolute Gasteiger partial charge is 2.00 e. The van der Waals surface area contributed by atoms with Crippen LogP contribution in [-0.2, 0) is 53.2 Å². The van der Waals surface area contributed by atoms with Gasteiger partial charge in [0.1, 0.15) is 0 Å². The van der Waals surface area contributed by atoms with Crippen LogP contribution in [0.5, 0.6) is 0 Å². The zero-order valence-corrected chi connectivity index (χ0v) is 9.25. The SMILES string of the molecule is OC1(O)OO1.[Ca+2].[H-].[H-].[Ti].[Ti]. The third-order valence-electron chi connectivity index (χ3n) is 0.232. The monoisotopic (exact) mass is 216 g/mol. The van der Waals surface area contributed by atoms with Gasteiger partial charge >= 0.3 is 43.9 Å². The standard InChI is InChI=1S/CH2O4.Ca.2Ti.2H/c2-1(3)4-5-1;;;;;/h2-3H;;;;;/q;+2;;;2*-1. The van der Waals surface area contributed by atoms with E-state index < -0.39 is 6.16 Å². The van der Waals surface area contributed by atoms with Crippen LogP contribution in [0, 0.1) is 0 Å². The summed E-state index contributed by atoms with van der Waals surface area (Å²) < 4.78 is 0. The van der Waals surface area contributed by atoms with Crippen LogP contribution in [0.1, 0.15) is 2.85 Å². The average molecular weight is 216 g/mol. The average Bonchev–Trinajstić information content (AvgIpc) is 1.76. The Hall–Kier alpha value is 2.53. The molecule has 0 aromatic rings. The topological polar surface area (TPSA) is 65.5 Å². The molecule has 0 aromatic heterocycles. The Morgan fingerprint density at radius 1 is 1.12 bits per heavy atom. The molecule has 42 valence electrons. The fourth-order valence-electron chi connectivity index (χ4n) is 0.0373. The Bertz CT molecular complexity index is 59.2. The first kappa shape index (κ1) is 16.9. The molecular formula is CH4CaO4Ti2. The molecule has 0 aromatic carbocycles. The Morgan fingerprint density at radius 2 is 1.25 bits per heavy atom. The number of hydrogen-bond donors (Lipinski definition) is 2. The molecule has 0 bridgehead atoms. The Kier molecular flexibility index (Phi) is 13.2. The van der Waals surface area contributed by atoms with Crippen molar-refractivity contribution in [2.24, 2.45) is 0 Å². The second-order valence-corrected chi connectivity index (χ2v) is 0.715. The first-order chi connectivity index (χ1) is 2.21. The molecule has 0 aliphatic carbocycles. The zero-order chi connectivity index (χ0) is 3.91. The van der Waals surface area contributed by atoms with Crippen molar-refractivity contribution in [2.75, 3.05) is 0 Å². The molecule has 7 heteroatoms. The molecule has 1 heterocycles. The summed E-state index contributed by atoms with van der Waals surface area (Å²) in [4.78, 5) is 7.01. The molecule has 0 unspecified atom stereocenters. The van der Waals surface area contributed by atoms with Crippen LogP contribution in [-0.4, -0.2) is 54.1 Å². The summed E-state index contributed by atoms with van der Waals surface area (Å²) in [5.74, 6) is 0. The molecule has 0 spiro atoms. The van der Waals surface area contributed by atoms with Gasteiger partial charge in [-0.2, -0.15) is 0 Å². The summed E-state index contributed by atoms with van der Waals surface area (Å²) in [6, 6.07) is 0. The van der Waals surface area contributed by atoms with E-state index in [9.17, 15) is 0 Å². The van der Waals surface area contributed by atoms with Gasteiger partial charge in [-0.1, -0.05) is 0 Å². The summed E-state index contributed by atoms with van der Waals surface area (Å²) in [6.45, 7) is 0. The minimum atomic E-state index is -2.25. The predicted octanol–water partition coefficient (Wildman–Crippen LogP) is -1.62. The van der Waals surface area contributed by atoms with E-state index in [1.165, 1.54) is 0 Å². The van der Waals surface area contributed by atoms with Gasteiger partial charge in [0.05, 0.1) is 0 Å². The summed E-state index contributed by atoms with van der Waals surface area (Å²) in [7, 11) is 0. The summed E-state index contributed by atoms with van der Waals surface area (Å²) >= 11 is 0. The molecule has 1 aliphatic heterocycles. The number of aliphatic hydroxyl groups is 2. The fourth-order valence-corrected chi connectivity index (χ4v) is 0.0373. The quantitative estimate of drug-likeness (QED) is 0.221. The maximum Gasteiger partial charge on any atom is 2.00 e. The van der Waals surface area contributed by atoms with Gasteiger partial charge in [-0.05, 0) is 0 Å². The maximum atomic E-state index is 7.74. The van der Waals surface area contributed by atoms with Gasteiger partial charge in [0.15, 0.2) is 0 Å². The predicted molar refractivity (Wildman–Crippen MR) is 17.3 cm³/mol. The molecule has 4 nitrogen and oxygen atoms in total. The van der Waals surface area contributed by atoms with Crippen LogP contribution in [0.3, 0.4) is 0 Å². The van der Waals surface area contributed by atoms with E-state index >= 15 is 0 Å². The Morgan fingerprint density at radius 3 is 1.25 bits per heavy atom. The summed E-state index contributed by atoms with van der Waals surface area (Å²) in [6.07, 6.45) is -2.25. The van der Waals surface area contributed by atoms with Gasteiger partial charge in [0.25, 0.3) is 0 Å². The van der Waals surface area contributed by atoms with Crippen LogP contribution in [0.25, 0.3) is 0 Å². The maximum absolute atomic E-state index is 7.74. The van der Waals surface area contributed by atoms with E-state index in [0.29, 0.717) is 0 Å². The van der Waals surface area contributed by atoms with E-state index in [2.05, 4.69) is 9.78 Å². The van der Waals surface area contributed by atoms with Crippen molar-refractivity contribution in [3.63, 3.8) is 0 Å². The van der Waals surface area contributed by atoms with Gasteiger partial charge in [0, 0.05) is 43.4 Å². The van der Waals surface area contributed by atoms with Crippen molar-refractivity contribution in [3.05, 3.63) is 0 Å². The molecule has 2 N–H and O–H groups in total. The van der Waals surface area contributed by atoms with Crippen molar-refractivity contribution in [2.45, 2.75) is 6.16 Å². The van der Waals surface area contributed by atoms with Crippen molar-refractivity contribution in [1.82, 2.24) is 0 Å². The van der Waals surface area contributed by atoms with Gasteiger partial charge in [-0.15, -0.1) is 9.78 Å². The summed E-state index contributed by atoms with van der Waals surface area (Å²) in [5, 5.41) is 15.5. The zero-order valence-electron chi connectivity index (χ0n) is 5.92. The van der Waals surface area contributed by atoms with Crippen LogP contribution < -0.4 is 0 Å². The van der Waals surface area contributed by atoms with Crippen molar-refractivity contribution >= 4 is 37.7 Å². The number of rotatable bonds is 0. The van der Waals surface area contributed by atoms with E-state index in [1.54, 1.807) is 0 Å². The van der Waals surface area contributed by atoms with Crippen LogP contribution in [0.4, 0.5) is 0 Å². The van der Waals surface area contributed by atoms with Crippen molar-refractivity contribution in [3.8, 4) is 0 Å².